The van der Waals surface area contributed by atoms with Crippen molar-refractivity contribution in [3.05, 3.63) is 58.9 Å². The molecule has 1 unspecified atom stereocenters. The Hall–Kier alpha value is -2.25. The van der Waals surface area contributed by atoms with Gasteiger partial charge in [-0.2, -0.15) is 0 Å². The van der Waals surface area contributed by atoms with Crippen LogP contribution >= 0.6 is 11.6 Å². The molecule has 1 aromatic carbocycles. The van der Waals surface area contributed by atoms with Crippen LogP contribution in [0.25, 0.3) is 0 Å². The molecule has 1 heterocycles. The van der Waals surface area contributed by atoms with Gasteiger partial charge in [0.25, 0.3) is 0 Å². The maximum absolute atomic E-state index is 13.7. The number of aliphatic hydroxyl groups is 1. The zero-order valence-corrected chi connectivity index (χ0v) is 12.9. The van der Waals surface area contributed by atoms with Crippen LogP contribution in [0.4, 0.5) is 19.3 Å². The van der Waals surface area contributed by atoms with Gasteiger partial charge in [-0.1, -0.05) is 17.7 Å². The Morgan fingerprint density at radius 3 is 2.74 bits per heavy atom. The SMILES string of the molecule is CC(O)(CNC(=O)Nc1ccnc(Cl)c1)c1ccc(F)cc1F. The molecule has 0 aliphatic rings. The summed E-state index contributed by atoms with van der Waals surface area (Å²) >= 11 is 5.69. The van der Waals surface area contributed by atoms with Crippen molar-refractivity contribution in [1.82, 2.24) is 10.3 Å². The highest BCUT2D eigenvalue weighted by Gasteiger charge is 2.27. The highest BCUT2D eigenvalue weighted by atomic mass is 35.5. The van der Waals surface area contributed by atoms with Gasteiger partial charge >= 0.3 is 6.03 Å². The number of amides is 2. The van der Waals surface area contributed by atoms with E-state index in [0.717, 1.165) is 12.1 Å². The van der Waals surface area contributed by atoms with Gasteiger partial charge in [0.2, 0.25) is 0 Å². The second kappa shape index (κ2) is 6.89. The first-order valence-electron chi connectivity index (χ1n) is 6.62. The molecule has 3 N–H and O–H groups in total. The first-order valence-corrected chi connectivity index (χ1v) is 7.00. The maximum atomic E-state index is 13.7. The maximum Gasteiger partial charge on any atom is 0.319 e. The van der Waals surface area contributed by atoms with Gasteiger partial charge in [0, 0.05) is 23.5 Å². The number of pyridine rings is 1. The topological polar surface area (TPSA) is 74.2 Å². The van der Waals surface area contributed by atoms with Crippen LogP contribution < -0.4 is 10.6 Å². The molecule has 8 heteroatoms. The molecule has 0 fully saturated rings. The number of nitrogens with one attached hydrogen (secondary N) is 2. The molecule has 23 heavy (non-hydrogen) atoms. The van der Waals surface area contributed by atoms with Crippen molar-refractivity contribution in [1.29, 1.82) is 0 Å². The van der Waals surface area contributed by atoms with Crippen LogP contribution in [0.1, 0.15) is 12.5 Å². The Morgan fingerprint density at radius 2 is 2.09 bits per heavy atom. The summed E-state index contributed by atoms with van der Waals surface area (Å²) in [6, 6.07) is 5.19. The third kappa shape index (κ3) is 4.61. The number of benzene rings is 1. The lowest BCUT2D eigenvalue weighted by Crippen LogP contribution is -2.41. The fourth-order valence-electron chi connectivity index (χ4n) is 1.93. The molecule has 122 valence electrons. The van der Waals surface area contributed by atoms with E-state index in [1.54, 1.807) is 0 Å². The number of urea groups is 1. The number of carbonyl (C=O) groups is 1. The van der Waals surface area contributed by atoms with E-state index in [2.05, 4.69) is 15.6 Å². The normalized spacial score (nSPS) is 13.3. The second-order valence-corrected chi connectivity index (χ2v) is 5.46. The molecule has 0 saturated heterocycles. The summed E-state index contributed by atoms with van der Waals surface area (Å²) in [6.07, 6.45) is 1.42. The van der Waals surface area contributed by atoms with Crippen molar-refractivity contribution in [2.45, 2.75) is 12.5 Å². The average molecular weight is 342 g/mol. The first-order chi connectivity index (χ1) is 10.8. The number of hydrogen-bond donors (Lipinski definition) is 3. The molecule has 5 nitrogen and oxygen atoms in total. The van der Waals surface area contributed by atoms with Gasteiger partial charge in [-0.25, -0.2) is 18.6 Å². The van der Waals surface area contributed by atoms with Crippen molar-refractivity contribution < 1.29 is 18.7 Å². The predicted molar refractivity (Wildman–Crippen MR) is 82.2 cm³/mol. The lowest BCUT2D eigenvalue weighted by atomic mass is 9.95. The third-order valence-electron chi connectivity index (χ3n) is 3.09. The van der Waals surface area contributed by atoms with E-state index >= 15 is 0 Å². The Kier molecular flexibility index (Phi) is 5.12. The summed E-state index contributed by atoms with van der Waals surface area (Å²) in [5.74, 6) is -1.64. The number of nitrogens with zero attached hydrogens (tertiary/aromatic N) is 1. The molecule has 2 amide bonds. The molecular weight excluding hydrogens is 328 g/mol. The number of hydrogen-bond acceptors (Lipinski definition) is 3. The Balaban J connectivity index is 1.99. The van der Waals surface area contributed by atoms with Crippen molar-refractivity contribution in [2.75, 3.05) is 11.9 Å². The first kappa shape index (κ1) is 17.1. The molecule has 0 saturated carbocycles. The minimum atomic E-state index is -1.70. The van der Waals surface area contributed by atoms with Crippen molar-refractivity contribution in [2.24, 2.45) is 0 Å². The molecule has 2 aromatic rings. The number of halogens is 3. The highest BCUT2D eigenvalue weighted by molar-refractivity contribution is 6.29. The highest BCUT2D eigenvalue weighted by Crippen LogP contribution is 2.23. The monoisotopic (exact) mass is 341 g/mol. The fraction of sp³-hybridized carbons (Fsp3) is 0.200. The second-order valence-electron chi connectivity index (χ2n) is 5.07. The predicted octanol–water partition coefficient (Wildman–Crippen LogP) is 3.04. The van der Waals surface area contributed by atoms with Crippen LogP contribution in [-0.4, -0.2) is 22.7 Å². The van der Waals surface area contributed by atoms with Crippen LogP contribution in [0.15, 0.2) is 36.5 Å². The Morgan fingerprint density at radius 1 is 1.35 bits per heavy atom. The molecule has 0 aliphatic carbocycles. The van der Waals surface area contributed by atoms with Gasteiger partial charge in [0.1, 0.15) is 22.4 Å². The molecule has 0 bridgehead atoms. The lowest BCUT2D eigenvalue weighted by molar-refractivity contribution is 0.0561. The summed E-state index contributed by atoms with van der Waals surface area (Å²) < 4.78 is 26.6. The van der Waals surface area contributed by atoms with E-state index in [9.17, 15) is 18.7 Å². The summed E-state index contributed by atoms with van der Waals surface area (Å²) in [5, 5.41) is 15.4. The smallest absolute Gasteiger partial charge is 0.319 e. The van der Waals surface area contributed by atoms with Gasteiger partial charge in [0.05, 0.1) is 6.54 Å². The molecule has 1 atom stereocenters. The van der Waals surface area contributed by atoms with Crippen molar-refractivity contribution >= 4 is 23.3 Å². The summed E-state index contributed by atoms with van der Waals surface area (Å²) in [6.45, 7) is 1.03. The molecule has 0 aliphatic heterocycles. The van der Waals surface area contributed by atoms with Gasteiger partial charge < -0.3 is 15.7 Å². The van der Waals surface area contributed by atoms with E-state index in [-0.39, 0.29) is 17.3 Å². The summed E-state index contributed by atoms with van der Waals surface area (Å²) in [7, 11) is 0. The number of aromatic nitrogens is 1. The molecular formula is C15H14ClF2N3O2. The van der Waals surface area contributed by atoms with Gasteiger partial charge in [-0.3, -0.25) is 0 Å². The molecule has 2 rings (SSSR count). The number of carbonyl (C=O) groups excluding carboxylic acids is 1. The average Bonchev–Trinajstić information content (AvgIpc) is 2.45. The minimum Gasteiger partial charge on any atom is -0.383 e. The van der Waals surface area contributed by atoms with Crippen LogP contribution in [0.2, 0.25) is 5.15 Å². The molecule has 0 spiro atoms. The third-order valence-corrected chi connectivity index (χ3v) is 3.30. The Bertz CT molecular complexity index is 726. The summed E-state index contributed by atoms with van der Waals surface area (Å²) in [4.78, 5) is 15.6. The zero-order chi connectivity index (χ0) is 17.0. The Labute approximate surface area is 136 Å². The minimum absolute atomic E-state index is 0.119. The lowest BCUT2D eigenvalue weighted by Gasteiger charge is -2.24. The fourth-order valence-corrected chi connectivity index (χ4v) is 2.10. The van der Waals surface area contributed by atoms with Crippen molar-refractivity contribution in [3.8, 4) is 0 Å². The molecule has 0 radical (unpaired) electrons. The largest absolute Gasteiger partial charge is 0.383 e. The summed E-state index contributed by atoms with van der Waals surface area (Å²) in [5.41, 5.74) is -1.41. The van der Waals surface area contributed by atoms with E-state index in [1.807, 2.05) is 0 Å². The van der Waals surface area contributed by atoms with E-state index in [0.29, 0.717) is 11.8 Å². The van der Waals surface area contributed by atoms with Crippen LogP contribution in [0.5, 0.6) is 0 Å². The van der Waals surface area contributed by atoms with Crippen LogP contribution in [0, 0.1) is 11.6 Å². The number of rotatable bonds is 4. The van der Waals surface area contributed by atoms with Crippen molar-refractivity contribution in [3.63, 3.8) is 0 Å². The van der Waals surface area contributed by atoms with Gasteiger partial charge in [-0.05, 0) is 25.1 Å². The zero-order valence-electron chi connectivity index (χ0n) is 12.1. The van der Waals surface area contributed by atoms with Crippen LogP contribution in [-0.2, 0) is 5.60 Å². The standard InChI is InChI=1S/C15H14ClF2N3O2/c1-15(23,11-3-2-9(17)6-12(11)18)8-20-14(22)21-10-4-5-19-13(16)7-10/h2-7,23H,8H2,1H3,(H2,19,20,21,22). The number of anilines is 1. The van der Waals surface area contributed by atoms with Crippen LogP contribution in [0.3, 0.4) is 0 Å². The van der Waals surface area contributed by atoms with E-state index in [4.69, 9.17) is 11.6 Å². The van der Waals surface area contributed by atoms with Gasteiger partial charge in [0.15, 0.2) is 0 Å². The van der Waals surface area contributed by atoms with E-state index < -0.39 is 23.3 Å². The molecule has 1 aromatic heterocycles. The van der Waals surface area contributed by atoms with E-state index in [1.165, 1.54) is 25.3 Å². The van der Waals surface area contributed by atoms with Gasteiger partial charge in [-0.15, -0.1) is 0 Å². The quantitative estimate of drug-likeness (QED) is 0.748.